The Hall–Kier alpha value is -1.78. The quantitative estimate of drug-likeness (QED) is 0.594. The molecule has 0 fully saturated rings. The number of carbonyl (C=O) groups is 1. The van der Waals surface area contributed by atoms with E-state index in [1.165, 1.54) is 12.4 Å². The summed E-state index contributed by atoms with van der Waals surface area (Å²) in [5.41, 5.74) is 0.394. The molecule has 0 saturated carbocycles. The van der Waals surface area contributed by atoms with Crippen LogP contribution in [-0.4, -0.2) is 16.9 Å². The van der Waals surface area contributed by atoms with Gasteiger partial charge in [-0.3, -0.25) is 5.21 Å². The first-order valence-electron chi connectivity index (χ1n) is 5.03. The van der Waals surface area contributed by atoms with Gasteiger partial charge in [0.2, 0.25) is 12.4 Å². The summed E-state index contributed by atoms with van der Waals surface area (Å²) >= 11 is 0. The molecule has 1 aromatic rings. The van der Waals surface area contributed by atoms with Crippen LogP contribution in [0.25, 0.3) is 0 Å². The van der Waals surface area contributed by atoms with E-state index < -0.39 is 11.7 Å². The second-order valence-corrected chi connectivity index (χ2v) is 4.44. The molecule has 0 radical (unpaired) electrons. The molecule has 0 bridgehead atoms. The predicted molar refractivity (Wildman–Crippen MR) is 59.0 cm³/mol. The predicted octanol–water partition coefficient (Wildman–Crippen LogP) is 1.48. The average Bonchev–Trinajstić information content (AvgIpc) is 2.14. The molecule has 0 aromatic carbocycles. The molecule has 0 saturated heterocycles. The highest BCUT2D eigenvalue weighted by molar-refractivity contribution is 5.67. The van der Waals surface area contributed by atoms with Crippen molar-refractivity contribution in [3.05, 3.63) is 30.1 Å². The average molecular weight is 227 g/mol. The third kappa shape index (κ3) is 4.63. The highest BCUT2D eigenvalue weighted by atomic mass is 16.6. The molecule has 0 aliphatic rings. The molecule has 16 heavy (non-hydrogen) atoms. The SMILES string of the molecule is CC(C)(C)OC(=O)NCc1cc[n+](O)cc1.[HH]. The van der Waals surface area contributed by atoms with Crippen LogP contribution in [-0.2, 0) is 11.3 Å². The van der Waals surface area contributed by atoms with Crippen LogP contribution < -0.4 is 10.0 Å². The van der Waals surface area contributed by atoms with Crippen LogP contribution in [0.2, 0.25) is 0 Å². The van der Waals surface area contributed by atoms with Gasteiger partial charge >= 0.3 is 6.09 Å². The van der Waals surface area contributed by atoms with Gasteiger partial charge < -0.3 is 10.1 Å². The minimum atomic E-state index is -0.491. The lowest BCUT2D eigenvalue weighted by atomic mass is 10.2. The van der Waals surface area contributed by atoms with Crippen molar-refractivity contribution in [1.29, 1.82) is 0 Å². The summed E-state index contributed by atoms with van der Waals surface area (Å²) in [6.07, 6.45) is 2.53. The molecular weight excluding hydrogens is 208 g/mol. The van der Waals surface area contributed by atoms with E-state index in [0.717, 1.165) is 10.3 Å². The molecule has 90 valence electrons. The third-order valence-electron chi connectivity index (χ3n) is 1.72. The molecule has 2 N–H and O–H groups in total. The molecule has 0 aliphatic carbocycles. The number of alkyl carbamates (subject to hydrolysis) is 1. The van der Waals surface area contributed by atoms with E-state index >= 15 is 0 Å². The molecule has 5 nitrogen and oxygen atoms in total. The van der Waals surface area contributed by atoms with E-state index in [1.807, 2.05) is 20.8 Å². The molecule has 5 heteroatoms. The number of rotatable bonds is 2. The summed E-state index contributed by atoms with van der Waals surface area (Å²) in [6, 6.07) is 3.41. The lowest BCUT2D eigenvalue weighted by Gasteiger charge is -2.19. The minimum absolute atomic E-state index is 0. The fourth-order valence-corrected chi connectivity index (χ4v) is 1.06. The maximum atomic E-state index is 11.3. The van der Waals surface area contributed by atoms with Gasteiger partial charge in [0.1, 0.15) is 5.60 Å². The summed E-state index contributed by atoms with van der Waals surface area (Å²) in [7, 11) is 0. The van der Waals surface area contributed by atoms with Crippen molar-refractivity contribution in [2.24, 2.45) is 0 Å². The van der Waals surface area contributed by atoms with Crippen LogP contribution >= 0.6 is 0 Å². The smallest absolute Gasteiger partial charge is 0.407 e. The Bertz CT molecular complexity index is 360. The largest absolute Gasteiger partial charge is 0.444 e. The Morgan fingerprint density at radius 2 is 2.06 bits per heavy atom. The Balaban J connectivity index is 0.00000256. The van der Waals surface area contributed by atoms with E-state index in [1.54, 1.807) is 12.1 Å². The normalized spacial score (nSPS) is 10.9. The van der Waals surface area contributed by atoms with Crippen molar-refractivity contribution >= 4 is 6.09 Å². The summed E-state index contributed by atoms with van der Waals surface area (Å²) in [5, 5.41) is 11.6. The van der Waals surface area contributed by atoms with Crippen LogP contribution in [0.5, 0.6) is 0 Å². The van der Waals surface area contributed by atoms with E-state index in [2.05, 4.69) is 5.32 Å². The van der Waals surface area contributed by atoms with Gasteiger partial charge in [-0.2, -0.15) is 0 Å². The lowest BCUT2D eigenvalue weighted by Crippen LogP contribution is -2.32. The summed E-state index contributed by atoms with van der Waals surface area (Å²) in [6.45, 7) is 5.80. The first-order valence-corrected chi connectivity index (χ1v) is 5.03. The maximum absolute atomic E-state index is 11.3. The topological polar surface area (TPSA) is 62.4 Å². The zero-order valence-corrected chi connectivity index (χ0v) is 9.73. The third-order valence-corrected chi connectivity index (χ3v) is 1.72. The van der Waals surface area contributed by atoms with Gasteiger partial charge in [0.15, 0.2) is 0 Å². The molecule has 1 rings (SSSR count). The van der Waals surface area contributed by atoms with Gasteiger partial charge in [-0.1, -0.05) is 0 Å². The van der Waals surface area contributed by atoms with Crippen molar-refractivity contribution in [3.8, 4) is 0 Å². The molecule has 0 atom stereocenters. The number of aromatic nitrogens is 1. The van der Waals surface area contributed by atoms with Gasteiger partial charge in [0.05, 0.1) is 0 Å². The lowest BCUT2D eigenvalue weighted by molar-refractivity contribution is -0.904. The molecule has 0 spiro atoms. The second-order valence-electron chi connectivity index (χ2n) is 4.44. The number of amides is 1. The first-order chi connectivity index (χ1) is 7.37. The zero-order chi connectivity index (χ0) is 12.2. The molecule has 1 amide bonds. The summed E-state index contributed by atoms with van der Waals surface area (Å²) in [5.74, 6) is 0. The van der Waals surface area contributed by atoms with Gasteiger partial charge in [-0.05, 0) is 26.3 Å². The summed E-state index contributed by atoms with van der Waals surface area (Å²) in [4.78, 5) is 11.3. The van der Waals surface area contributed by atoms with E-state index in [0.29, 0.717) is 6.54 Å². The van der Waals surface area contributed by atoms with Gasteiger partial charge in [-0.15, -0.1) is 0 Å². The van der Waals surface area contributed by atoms with Gasteiger partial charge in [0, 0.05) is 24.8 Å². The molecular formula is C11H19N2O3+. The number of nitrogens with zero attached hydrogens (tertiary/aromatic N) is 1. The number of nitrogens with one attached hydrogen (secondary N) is 1. The zero-order valence-electron chi connectivity index (χ0n) is 9.73. The second kappa shape index (κ2) is 4.83. The Kier molecular flexibility index (Phi) is 3.71. The maximum Gasteiger partial charge on any atom is 0.407 e. The van der Waals surface area contributed by atoms with Crippen LogP contribution in [0.1, 0.15) is 27.8 Å². The molecule has 1 aromatic heterocycles. The standard InChI is InChI=1S/C11H16N2O3.H2/c1-11(2,3)16-10(14)12-8-9-4-6-13(15)7-5-9;/h4-7H,8H2,1-3H3,(H-,12,14,15);1H/p+1. The van der Waals surface area contributed by atoms with Crippen molar-refractivity contribution < 1.29 is 20.9 Å². The van der Waals surface area contributed by atoms with E-state index in [4.69, 9.17) is 9.94 Å². The Morgan fingerprint density at radius 1 is 1.50 bits per heavy atom. The van der Waals surface area contributed by atoms with E-state index in [9.17, 15) is 4.79 Å². The van der Waals surface area contributed by atoms with Gasteiger partial charge in [-0.25, -0.2) is 4.79 Å². The van der Waals surface area contributed by atoms with Crippen LogP contribution in [0.4, 0.5) is 4.79 Å². The monoisotopic (exact) mass is 227 g/mol. The molecule has 1 heterocycles. The minimum Gasteiger partial charge on any atom is -0.444 e. The number of hydrogen-bond donors (Lipinski definition) is 2. The fourth-order valence-electron chi connectivity index (χ4n) is 1.06. The molecule has 0 aliphatic heterocycles. The van der Waals surface area contributed by atoms with Crippen molar-refractivity contribution in [2.45, 2.75) is 32.9 Å². The van der Waals surface area contributed by atoms with E-state index in [-0.39, 0.29) is 1.43 Å². The van der Waals surface area contributed by atoms with Crippen molar-refractivity contribution in [1.82, 2.24) is 5.32 Å². The molecule has 0 unspecified atom stereocenters. The number of pyridine rings is 1. The number of hydrogen-bond acceptors (Lipinski definition) is 3. The highest BCUT2D eigenvalue weighted by Crippen LogP contribution is 2.06. The van der Waals surface area contributed by atoms with Crippen molar-refractivity contribution in [3.63, 3.8) is 0 Å². The Morgan fingerprint density at radius 3 is 2.56 bits per heavy atom. The van der Waals surface area contributed by atoms with Crippen molar-refractivity contribution in [2.75, 3.05) is 0 Å². The van der Waals surface area contributed by atoms with Crippen LogP contribution in [0, 0.1) is 0 Å². The first kappa shape index (κ1) is 12.3. The van der Waals surface area contributed by atoms with Crippen LogP contribution in [0.15, 0.2) is 24.5 Å². The fraction of sp³-hybridized carbons (Fsp3) is 0.455. The number of carbonyl (C=O) groups excluding carboxylic acids is 1. The Labute approximate surface area is 96.1 Å². The number of ether oxygens (including phenoxy) is 1. The van der Waals surface area contributed by atoms with Gasteiger partial charge in [0.25, 0.3) is 0 Å². The summed E-state index contributed by atoms with van der Waals surface area (Å²) < 4.78 is 6.02. The van der Waals surface area contributed by atoms with Crippen LogP contribution in [0.3, 0.4) is 0 Å². The highest BCUT2D eigenvalue weighted by Gasteiger charge is 2.15.